The third-order valence-corrected chi connectivity index (χ3v) is 1.40. The lowest BCUT2D eigenvalue weighted by molar-refractivity contribution is -0.112. The second-order valence-electron chi connectivity index (χ2n) is 1.71. The molecule has 0 aromatic carbocycles. The SMILES string of the molecule is CCC=CC(=O)CSC. The number of hydrogen-bond acceptors (Lipinski definition) is 2. The average Bonchev–Trinajstić information content (AvgIpc) is 1.85. The molecule has 2 heteroatoms. The quantitative estimate of drug-likeness (QED) is 0.560. The van der Waals surface area contributed by atoms with Crippen LogP contribution in [0.5, 0.6) is 0 Å². The molecule has 0 heterocycles. The summed E-state index contributed by atoms with van der Waals surface area (Å²) in [6, 6.07) is 0. The average molecular weight is 144 g/mol. The predicted molar refractivity (Wildman–Crippen MR) is 42.8 cm³/mol. The Balaban J connectivity index is 3.37. The smallest absolute Gasteiger partial charge is 0.165 e. The van der Waals surface area contributed by atoms with Crippen LogP contribution in [0.4, 0.5) is 0 Å². The minimum atomic E-state index is 0.212. The third kappa shape index (κ3) is 5.63. The van der Waals surface area contributed by atoms with Gasteiger partial charge in [-0.15, -0.1) is 0 Å². The third-order valence-electron chi connectivity index (χ3n) is 0.826. The summed E-state index contributed by atoms with van der Waals surface area (Å²) in [4.78, 5) is 10.7. The minimum Gasteiger partial charge on any atom is -0.294 e. The van der Waals surface area contributed by atoms with Gasteiger partial charge >= 0.3 is 0 Å². The molecule has 0 spiro atoms. The lowest BCUT2D eigenvalue weighted by Gasteiger charge is -1.86. The molecule has 0 saturated carbocycles. The Bertz CT molecular complexity index is 107. The molecular formula is C7H12OS. The van der Waals surface area contributed by atoms with Crippen molar-refractivity contribution in [1.82, 2.24) is 0 Å². The molecule has 0 saturated heterocycles. The van der Waals surface area contributed by atoms with Crippen molar-refractivity contribution in [2.45, 2.75) is 13.3 Å². The lowest BCUT2D eigenvalue weighted by atomic mass is 10.3. The summed E-state index contributed by atoms with van der Waals surface area (Å²) in [6.45, 7) is 2.02. The van der Waals surface area contributed by atoms with Crippen LogP contribution < -0.4 is 0 Å². The van der Waals surface area contributed by atoms with Gasteiger partial charge in [-0.3, -0.25) is 4.79 Å². The summed E-state index contributed by atoms with van der Waals surface area (Å²) in [6.07, 6.45) is 6.41. The first kappa shape index (κ1) is 8.76. The summed E-state index contributed by atoms with van der Waals surface area (Å²) in [5.74, 6) is 0.820. The van der Waals surface area contributed by atoms with Gasteiger partial charge in [0.1, 0.15) is 0 Å². The maximum absolute atomic E-state index is 10.7. The lowest BCUT2D eigenvalue weighted by Crippen LogP contribution is -1.94. The number of carbonyl (C=O) groups is 1. The van der Waals surface area contributed by atoms with Gasteiger partial charge in [-0.05, 0) is 18.8 Å². The van der Waals surface area contributed by atoms with Gasteiger partial charge in [0, 0.05) is 0 Å². The zero-order valence-electron chi connectivity index (χ0n) is 5.89. The molecule has 0 bridgehead atoms. The highest BCUT2D eigenvalue weighted by molar-refractivity contribution is 7.99. The van der Waals surface area contributed by atoms with Gasteiger partial charge < -0.3 is 0 Å². The minimum absolute atomic E-state index is 0.212. The fraction of sp³-hybridized carbons (Fsp3) is 0.571. The normalized spacial score (nSPS) is 10.4. The Kier molecular flexibility index (Phi) is 5.73. The van der Waals surface area contributed by atoms with Gasteiger partial charge in [-0.25, -0.2) is 0 Å². The maximum Gasteiger partial charge on any atom is 0.165 e. The molecule has 9 heavy (non-hydrogen) atoms. The molecule has 0 fully saturated rings. The monoisotopic (exact) mass is 144 g/mol. The molecule has 1 nitrogen and oxygen atoms in total. The van der Waals surface area contributed by atoms with Gasteiger partial charge in [0.2, 0.25) is 0 Å². The summed E-state index contributed by atoms with van der Waals surface area (Å²) >= 11 is 1.56. The van der Waals surface area contributed by atoms with E-state index in [1.54, 1.807) is 17.8 Å². The molecule has 0 rings (SSSR count). The van der Waals surface area contributed by atoms with Crippen LogP contribution in [0.3, 0.4) is 0 Å². The van der Waals surface area contributed by atoms with Crippen LogP contribution in [-0.4, -0.2) is 17.8 Å². The molecule has 0 aromatic rings. The van der Waals surface area contributed by atoms with Crippen LogP contribution in [0.15, 0.2) is 12.2 Å². The van der Waals surface area contributed by atoms with E-state index < -0.39 is 0 Å². The highest BCUT2D eigenvalue weighted by atomic mass is 32.2. The van der Waals surface area contributed by atoms with Crippen LogP contribution in [0, 0.1) is 0 Å². The Morgan fingerprint density at radius 1 is 1.67 bits per heavy atom. The zero-order valence-corrected chi connectivity index (χ0v) is 6.70. The van der Waals surface area contributed by atoms with E-state index in [9.17, 15) is 4.79 Å². The first-order chi connectivity index (χ1) is 4.31. The van der Waals surface area contributed by atoms with E-state index in [1.807, 2.05) is 19.3 Å². The van der Waals surface area contributed by atoms with Crippen LogP contribution in [0.1, 0.15) is 13.3 Å². The first-order valence-electron chi connectivity index (χ1n) is 2.99. The number of ketones is 1. The molecule has 0 aromatic heterocycles. The molecule has 52 valence electrons. The van der Waals surface area contributed by atoms with Crippen molar-refractivity contribution in [1.29, 1.82) is 0 Å². The molecular weight excluding hydrogens is 132 g/mol. The van der Waals surface area contributed by atoms with Crippen molar-refractivity contribution in [3.05, 3.63) is 12.2 Å². The summed E-state index contributed by atoms with van der Waals surface area (Å²) in [5, 5.41) is 0. The molecule has 0 unspecified atom stereocenters. The maximum atomic E-state index is 10.7. The van der Waals surface area contributed by atoms with Crippen molar-refractivity contribution in [3.63, 3.8) is 0 Å². The molecule has 0 aliphatic heterocycles. The second-order valence-corrected chi connectivity index (χ2v) is 2.58. The van der Waals surface area contributed by atoms with Gasteiger partial charge in [-0.2, -0.15) is 11.8 Å². The number of carbonyl (C=O) groups excluding carboxylic acids is 1. The Morgan fingerprint density at radius 3 is 2.78 bits per heavy atom. The van der Waals surface area contributed by atoms with Gasteiger partial charge in [-0.1, -0.05) is 13.0 Å². The Hall–Kier alpha value is -0.240. The van der Waals surface area contributed by atoms with Crippen molar-refractivity contribution in [2.24, 2.45) is 0 Å². The molecule has 0 N–H and O–H groups in total. The topological polar surface area (TPSA) is 17.1 Å². The predicted octanol–water partition coefficient (Wildman–Crippen LogP) is 1.88. The van der Waals surface area contributed by atoms with Crippen molar-refractivity contribution in [3.8, 4) is 0 Å². The summed E-state index contributed by atoms with van der Waals surface area (Å²) in [7, 11) is 0. The van der Waals surface area contributed by atoms with E-state index in [0.29, 0.717) is 5.75 Å². The zero-order chi connectivity index (χ0) is 7.11. The second kappa shape index (κ2) is 5.89. The largest absolute Gasteiger partial charge is 0.294 e. The van der Waals surface area contributed by atoms with E-state index in [4.69, 9.17) is 0 Å². The first-order valence-corrected chi connectivity index (χ1v) is 4.39. The number of rotatable bonds is 4. The van der Waals surface area contributed by atoms with Crippen LogP contribution in [0.2, 0.25) is 0 Å². The van der Waals surface area contributed by atoms with E-state index >= 15 is 0 Å². The van der Waals surface area contributed by atoms with E-state index in [0.717, 1.165) is 6.42 Å². The number of allylic oxidation sites excluding steroid dienone is 2. The molecule has 0 aliphatic rings. The van der Waals surface area contributed by atoms with Gasteiger partial charge in [0.05, 0.1) is 5.75 Å². The fourth-order valence-electron chi connectivity index (χ4n) is 0.440. The summed E-state index contributed by atoms with van der Waals surface area (Å²) < 4.78 is 0. The molecule has 0 atom stereocenters. The van der Waals surface area contributed by atoms with E-state index in [1.165, 1.54) is 0 Å². The van der Waals surface area contributed by atoms with E-state index in [2.05, 4.69) is 0 Å². The van der Waals surface area contributed by atoms with E-state index in [-0.39, 0.29) is 5.78 Å². The Morgan fingerprint density at radius 2 is 2.33 bits per heavy atom. The fourth-order valence-corrected chi connectivity index (χ4v) is 0.820. The number of thioether (sulfide) groups is 1. The highest BCUT2D eigenvalue weighted by Crippen LogP contribution is 1.92. The van der Waals surface area contributed by atoms with Crippen LogP contribution in [-0.2, 0) is 4.79 Å². The van der Waals surface area contributed by atoms with Crippen molar-refractivity contribution < 1.29 is 4.79 Å². The molecule has 0 amide bonds. The molecule has 0 aliphatic carbocycles. The van der Waals surface area contributed by atoms with Crippen LogP contribution >= 0.6 is 11.8 Å². The van der Waals surface area contributed by atoms with Crippen molar-refractivity contribution in [2.75, 3.05) is 12.0 Å². The number of hydrogen-bond donors (Lipinski definition) is 0. The van der Waals surface area contributed by atoms with Crippen molar-refractivity contribution >= 4 is 17.5 Å². The van der Waals surface area contributed by atoms with Gasteiger partial charge in [0.15, 0.2) is 5.78 Å². The summed E-state index contributed by atoms with van der Waals surface area (Å²) in [5.41, 5.74) is 0. The Labute approximate surface area is 60.5 Å². The van der Waals surface area contributed by atoms with Gasteiger partial charge in [0.25, 0.3) is 0 Å². The molecule has 0 radical (unpaired) electrons. The standard InChI is InChI=1S/C7H12OS/c1-3-4-5-7(8)6-9-2/h4-5H,3,6H2,1-2H3. The van der Waals surface area contributed by atoms with Crippen LogP contribution in [0.25, 0.3) is 0 Å². The highest BCUT2D eigenvalue weighted by Gasteiger charge is 1.90.